The Balaban J connectivity index is 0.00000169. The van der Waals surface area contributed by atoms with Crippen LogP contribution in [0.2, 0.25) is 0 Å². The highest BCUT2D eigenvalue weighted by Gasteiger charge is 2.14. The van der Waals surface area contributed by atoms with Crippen LogP contribution in [-0.2, 0) is 0 Å². The van der Waals surface area contributed by atoms with Gasteiger partial charge in [-0.2, -0.15) is 0 Å². The molecule has 0 aliphatic heterocycles. The first-order valence-corrected chi connectivity index (χ1v) is 4.04. The third-order valence-electron chi connectivity index (χ3n) is 1.15. The van der Waals surface area contributed by atoms with Crippen molar-refractivity contribution in [3.05, 3.63) is 28.4 Å². The second-order valence-electron chi connectivity index (χ2n) is 2.05. The van der Waals surface area contributed by atoms with Gasteiger partial charge in [-0.1, -0.05) is 0 Å². The lowest BCUT2D eigenvalue weighted by Gasteiger charge is -1.97. The van der Waals surface area contributed by atoms with Gasteiger partial charge in [0.15, 0.2) is 10.2 Å². The quantitative estimate of drug-likeness (QED) is 0.264. The van der Waals surface area contributed by atoms with Gasteiger partial charge >= 0.3 is 5.69 Å². The van der Waals surface area contributed by atoms with E-state index in [9.17, 15) is 10.1 Å². The Kier molecular flexibility index (Phi) is 4.89. The van der Waals surface area contributed by atoms with E-state index in [1.54, 1.807) is 0 Å². The van der Waals surface area contributed by atoms with Gasteiger partial charge in [0.1, 0.15) is 0 Å². The van der Waals surface area contributed by atoms with Crippen LogP contribution in [0.5, 0.6) is 0 Å². The van der Waals surface area contributed by atoms with Crippen LogP contribution in [0.4, 0.5) is 5.69 Å². The molecule has 0 radical (unpaired) electrons. The van der Waals surface area contributed by atoms with Crippen molar-refractivity contribution in [2.75, 3.05) is 0 Å². The third kappa shape index (κ3) is 3.19. The summed E-state index contributed by atoms with van der Waals surface area (Å²) in [6.45, 7) is 0. The van der Waals surface area contributed by atoms with Gasteiger partial charge in [0.05, 0.1) is 4.92 Å². The molecule has 0 bridgehead atoms. The maximum Gasteiger partial charge on any atom is 0.301 e. The van der Waals surface area contributed by atoms with Gasteiger partial charge in [0.25, 0.3) is 0 Å². The number of thioether (sulfide) groups is 1. The second kappa shape index (κ2) is 5.40. The van der Waals surface area contributed by atoms with Crippen LogP contribution in [0.3, 0.4) is 0 Å². The largest absolute Gasteiger partial charge is 0.378 e. The number of halogens is 1. The number of hydrogen-bond acceptors (Lipinski definition) is 5. The predicted octanol–water partition coefficient (Wildman–Crippen LogP) is 1.40. The molecule has 8 heteroatoms. The summed E-state index contributed by atoms with van der Waals surface area (Å²) in [6.07, 6.45) is 1.41. The van der Waals surface area contributed by atoms with Crippen molar-refractivity contribution in [3.8, 4) is 0 Å². The van der Waals surface area contributed by atoms with Crippen LogP contribution in [-0.4, -0.2) is 15.1 Å². The molecular weight excluding hydrogens is 228 g/mol. The van der Waals surface area contributed by atoms with Crippen LogP contribution < -0.4 is 5.73 Å². The maximum absolute atomic E-state index is 10.4. The molecule has 0 aliphatic carbocycles. The van der Waals surface area contributed by atoms with Gasteiger partial charge in [-0.3, -0.25) is 15.5 Å². The topological polar surface area (TPSA) is 106 Å². The van der Waals surface area contributed by atoms with Gasteiger partial charge < -0.3 is 5.73 Å². The minimum absolute atomic E-state index is 0. The summed E-state index contributed by atoms with van der Waals surface area (Å²) < 4.78 is 0. The lowest BCUT2D eigenvalue weighted by Crippen LogP contribution is -2.04. The predicted molar refractivity (Wildman–Crippen MR) is 55.9 cm³/mol. The highest BCUT2D eigenvalue weighted by atomic mass is 35.5. The minimum atomic E-state index is -0.557. The molecule has 14 heavy (non-hydrogen) atoms. The van der Waals surface area contributed by atoms with E-state index < -0.39 is 4.92 Å². The van der Waals surface area contributed by atoms with Gasteiger partial charge in [-0.05, 0) is 17.8 Å². The maximum atomic E-state index is 10.4. The van der Waals surface area contributed by atoms with E-state index in [1.807, 2.05) is 0 Å². The van der Waals surface area contributed by atoms with E-state index in [0.717, 1.165) is 11.8 Å². The molecule has 6 nitrogen and oxygen atoms in total. The number of nitrogens with one attached hydrogen (secondary N) is 1. The van der Waals surface area contributed by atoms with E-state index >= 15 is 0 Å². The van der Waals surface area contributed by atoms with Crippen LogP contribution >= 0.6 is 24.2 Å². The number of pyridine rings is 1. The summed E-state index contributed by atoms with van der Waals surface area (Å²) in [6, 6.07) is 2.78. The SMILES string of the molecule is Cl.N=C(N)Sc1ncccc1[N+](=O)[O-]. The van der Waals surface area contributed by atoms with E-state index in [0.29, 0.717) is 0 Å². The fraction of sp³-hybridized carbons (Fsp3) is 0. The number of nitro groups is 1. The standard InChI is InChI=1S/C6H6N4O2S.ClH/c7-6(8)13-5-4(10(11)12)2-1-3-9-5;/h1-3H,(H3,7,8);1H. The van der Waals surface area contributed by atoms with Crippen molar-refractivity contribution in [2.45, 2.75) is 5.03 Å². The summed E-state index contributed by atoms with van der Waals surface area (Å²) >= 11 is 0.762. The second-order valence-corrected chi connectivity index (χ2v) is 3.08. The zero-order valence-corrected chi connectivity index (χ0v) is 8.47. The van der Waals surface area contributed by atoms with Crippen molar-refractivity contribution in [1.82, 2.24) is 4.98 Å². The number of nitrogens with two attached hydrogens (primary N) is 1. The summed E-state index contributed by atoms with van der Waals surface area (Å²) in [5.41, 5.74) is 4.94. The number of rotatable bonds is 2. The summed E-state index contributed by atoms with van der Waals surface area (Å²) in [5, 5.41) is 17.3. The zero-order chi connectivity index (χ0) is 9.84. The highest BCUT2D eigenvalue weighted by Crippen LogP contribution is 2.25. The van der Waals surface area contributed by atoms with Crippen molar-refractivity contribution in [2.24, 2.45) is 5.73 Å². The molecule has 1 rings (SSSR count). The number of hydrogen-bond donors (Lipinski definition) is 2. The van der Waals surface area contributed by atoms with E-state index in [1.165, 1.54) is 18.3 Å². The monoisotopic (exact) mass is 234 g/mol. The molecule has 1 aromatic heterocycles. The normalized spacial score (nSPS) is 8.86. The molecule has 1 heterocycles. The molecule has 0 amide bonds. The summed E-state index contributed by atoms with van der Waals surface area (Å²) in [7, 11) is 0. The van der Waals surface area contributed by atoms with Gasteiger partial charge in [-0.15, -0.1) is 12.4 Å². The zero-order valence-electron chi connectivity index (χ0n) is 6.84. The Morgan fingerprint density at radius 2 is 2.36 bits per heavy atom. The van der Waals surface area contributed by atoms with Gasteiger partial charge in [0.2, 0.25) is 0 Å². The van der Waals surface area contributed by atoms with E-state index in [4.69, 9.17) is 11.1 Å². The molecule has 76 valence electrons. The Bertz CT molecular complexity index is 359. The van der Waals surface area contributed by atoms with Crippen LogP contribution in [0.25, 0.3) is 0 Å². The number of amidine groups is 1. The fourth-order valence-electron chi connectivity index (χ4n) is 0.704. The number of aromatic nitrogens is 1. The summed E-state index contributed by atoms with van der Waals surface area (Å²) in [5.74, 6) is 0. The van der Waals surface area contributed by atoms with Gasteiger partial charge in [0, 0.05) is 12.3 Å². The van der Waals surface area contributed by atoms with Crippen molar-refractivity contribution in [3.63, 3.8) is 0 Å². The average molecular weight is 235 g/mol. The molecule has 0 aromatic carbocycles. The van der Waals surface area contributed by atoms with Crippen LogP contribution in [0.1, 0.15) is 0 Å². The molecule has 3 N–H and O–H groups in total. The van der Waals surface area contributed by atoms with Crippen LogP contribution in [0, 0.1) is 15.5 Å². The Morgan fingerprint density at radius 3 is 2.86 bits per heavy atom. The lowest BCUT2D eigenvalue weighted by molar-refractivity contribution is -0.388. The van der Waals surface area contributed by atoms with Crippen molar-refractivity contribution < 1.29 is 4.92 Å². The molecule has 0 fully saturated rings. The lowest BCUT2D eigenvalue weighted by atomic mass is 10.4. The van der Waals surface area contributed by atoms with E-state index in [-0.39, 0.29) is 28.3 Å². The van der Waals surface area contributed by atoms with E-state index in [2.05, 4.69) is 4.98 Å². The molecule has 0 atom stereocenters. The summed E-state index contributed by atoms with van der Waals surface area (Å²) in [4.78, 5) is 13.6. The van der Waals surface area contributed by atoms with Crippen molar-refractivity contribution in [1.29, 1.82) is 5.41 Å². The highest BCUT2D eigenvalue weighted by molar-refractivity contribution is 8.13. The average Bonchev–Trinajstić information content (AvgIpc) is 2.03. The van der Waals surface area contributed by atoms with Crippen LogP contribution in [0.15, 0.2) is 23.4 Å². The molecule has 0 saturated carbocycles. The Hall–Kier alpha value is -1.34. The molecule has 0 unspecified atom stereocenters. The Labute approximate surface area is 90.0 Å². The molecular formula is C6H7ClN4O2S. The first-order chi connectivity index (χ1) is 6.11. The smallest absolute Gasteiger partial charge is 0.301 e. The first kappa shape index (κ1) is 12.7. The van der Waals surface area contributed by atoms with Gasteiger partial charge in [-0.25, -0.2) is 4.98 Å². The first-order valence-electron chi connectivity index (χ1n) is 3.22. The third-order valence-corrected chi connectivity index (χ3v) is 1.88. The number of nitrogens with zero attached hydrogens (tertiary/aromatic N) is 2. The minimum Gasteiger partial charge on any atom is -0.378 e. The Morgan fingerprint density at radius 1 is 1.71 bits per heavy atom. The molecule has 0 spiro atoms. The molecule has 1 aromatic rings. The van der Waals surface area contributed by atoms with Crippen molar-refractivity contribution >= 4 is 35.0 Å². The molecule has 0 aliphatic rings. The fourth-order valence-corrected chi connectivity index (χ4v) is 1.27. The molecule has 0 saturated heterocycles.